The third kappa shape index (κ3) is 3.15. The van der Waals surface area contributed by atoms with Gasteiger partial charge in [0.2, 0.25) is 16.0 Å². The minimum atomic E-state index is -4.04. The van der Waals surface area contributed by atoms with Gasteiger partial charge in [-0.3, -0.25) is 0 Å². The Morgan fingerprint density at radius 3 is 2.42 bits per heavy atom. The van der Waals surface area contributed by atoms with Gasteiger partial charge in [-0.15, -0.1) is 0 Å². The highest BCUT2D eigenvalue weighted by Gasteiger charge is 2.33. The van der Waals surface area contributed by atoms with Gasteiger partial charge in [-0.2, -0.15) is 4.31 Å². The van der Waals surface area contributed by atoms with Crippen molar-refractivity contribution in [3.8, 4) is 0 Å². The number of nitrogens with zero attached hydrogens (tertiary/aromatic N) is 4. The molecule has 138 valence electrons. The molecule has 1 saturated heterocycles. The molecule has 1 fully saturated rings. The second kappa shape index (κ2) is 6.53. The molecule has 4 rings (SSSR count). The summed E-state index contributed by atoms with van der Waals surface area (Å²) in [5.74, 6) is -1.34. The van der Waals surface area contributed by atoms with Crippen LogP contribution in [-0.2, 0) is 27.8 Å². The fourth-order valence-electron chi connectivity index (χ4n) is 3.03. The molecule has 1 aromatic carbocycles. The number of hydrogen-bond acceptors (Lipinski definition) is 6. The van der Waals surface area contributed by atoms with Crippen LogP contribution in [0.1, 0.15) is 11.3 Å². The van der Waals surface area contributed by atoms with E-state index in [1.165, 1.54) is 0 Å². The van der Waals surface area contributed by atoms with Crippen LogP contribution in [0.2, 0.25) is 0 Å². The predicted octanol–water partition coefficient (Wildman–Crippen LogP) is 1.30. The molecular formula is C16H16F2N4O3S. The molecule has 2 aliphatic heterocycles. The zero-order valence-corrected chi connectivity index (χ0v) is 14.5. The number of rotatable bonds is 3. The van der Waals surface area contributed by atoms with Crippen LogP contribution in [0.15, 0.2) is 29.3 Å². The highest BCUT2D eigenvalue weighted by atomic mass is 32.2. The van der Waals surface area contributed by atoms with Gasteiger partial charge in [0.25, 0.3) is 0 Å². The van der Waals surface area contributed by atoms with Crippen molar-refractivity contribution < 1.29 is 21.9 Å². The lowest BCUT2D eigenvalue weighted by Gasteiger charge is -2.26. The topological polar surface area (TPSA) is 75.6 Å². The van der Waals surface area contributed by atoms with Gasteiger partial charge in [0.1, 0.15) is 11.6 Å². The molecule has 26 heavy (non-hydrogen) atoms. The number of anilines is 1. The Kier molecular flexibility index (Phi) is 4.33. The highest BCUT2D eigenvalue weighted by molar-refractivity contribution is 7.89. The Balaban J connectivity index is 1.59. The number of hydrogen-bond donors (Lipinski definition) is 0. The van der Waals surface area contributed by atoms with Crippen molar-refractivity contribution in [3.63, 3.8) is 0 Å². The molecule has 2 aliphatic rings. The number of halogens is 2. The Morgan fingerprint density at radius 2 is 1.73 bits per heavy atom. The lowest BCUT2D eigenvalue weighted by Crippen LogP contribution is -2.37. The van der Waals surface area contributed by atoms with Crippen molar-refractivity contribution in [1.82, 2.24) is 14.3 Å². The molecule has 0 unspecified atom stereocenters. The third-order valence-electron chi connectivity index (χ3n) is 4.38. The second-order valence-electron chi connectivity index (χ2n) is 6.12. The van der Waals surface area contributed by atoms with Crippen LogP contribution in [-0.4, -0.2) is 49.0 Å². The quantitative estimate of drug-likeness (QED) is 0.797. The maximum Gasteiger partial charge on any atom is 0.243 e. The zero-order chi connectivity index (χ0) is 18.3. The van der Waals surface area contributed by atoms with Gasteiger partial charge in [0.15, 0.2) is 0 Å². The first-order chi connectivity index (χ1) is 12.4. The molecule has 0 saturated carbocycles. The largest absolute Gasteiger partial charge is 0.378 e. The average molecular weight is 382 g/mol. The van der Waals surface area contributed by atoms with Gasteiger partial charge in [-0.1, -0.05) is 0 Å². The molecule has 3 heterocycles. The van der Waals surface area contributed by atoms with Gasteiger partial charge in [0.05, 0.1) is 30.3 Å². The Labute approximate surface area is 149 Å². The Hall–Kier alpha value is -2.17. The van der Waals surface area contributed by atoms with E-state index in [9.17, 15) is 17.2 Å². The van der Waals surface area contributed by atoms with Crippen LogP contribution in [0.5, 0.6) is 0 Å². The Morgan fingerprint density at radius 1 is 1.04 bits per heavy atom. The van der Waals surface area contributed by atoms with Crippen LogP contribution < -0.4 is 4.90 Å². The highest BCUT2D eigenvalue weighted by Crippen LogP contribution is 2.29. The molecule has 10 heteroatoms. The third-order valence-corrected chi connectivity index (χ3v) is 6.15. The van der Waals surface area contributed by atoms with Crippen molar-refractivity contribution in [1.29, 1.82) is 0 Å². The van der Waals surface area contributed by atoms with Gasteiger partial charge >= 0.3 is 0 Å². The standard InChI is InChI=1S/C16H16F2N4O3S/c17-12-5-13(18)7-14(6-12)26(23,24)22-9-11-8-19-16(20-15(11)10-22)21-1-3-25-4-2-21/h5-8H,1-4,9-10H2. The average Bonchev–Trinajstić information content (AvgIpc) is 3.05. The molecule has 0 radical (unpaired) electrons. The second-order valence-corrected chi connectivity index (χ2v) is 8.06. The van der Waals surface area contributed by atoms with E-state index in [0.29, 0.717) is 49.6 Å². The van der Waals surface area contributed by atoms with Crippen molar-refractivity contribution >= 4 is 16.0 Å². The zero-order valence-electron chi connectivity index (χ0n) is 13.7. The normalized spacial score (nSPS) is 18.2. The smallest absolute Gasteiger partial charge is 0.243 e. The van der Waals surface area contributed by atoms with Crippen LogP contribution in [0.25, 0.3) is 0 Å². The molecule has 0 N–H and O–H groups in total. The molecule has 2 aromatic rings. The minimum Gasteiger partial charge on any atom is -0.378 e. The van der Waals surface area contributed by atoms with E-state index in [2.05, 4.69) is 9.97 Å². The first-order valence-electron chi connectivity index (χ1n) is 8.07. The van der Waals surface area contributed by atoms with Gasteiger partial charge < -0.3 is 9.64 Å². The summed E-state index contributed by atoms with van der Waals surface area (Å²) < 4.78 is 58.7. The number of fused-ring (bicyclic) bond motifs is 1. The number of sulfonamides is 1. The van der Waals surface area contributed by atoms with Crippen molar-refractivity contribution in [3.05, 3.63) is 47.3 Å². The fourth-order valence-corrected chi connectivity index (χ4v) is 4.45. The SMILES string of the molecule is O=S(=O)(c1cc(F)cc(F)c1)N1Cc2cnc(N3CCOCC3)nc2C1. The summed E-state index contributed by atoms with van der Waals surface area (Å²) in [6.07, 6.45) is 1.61. The van der Waals surface area contributed by atoms with E-state index in [-0.39, 0.29) is 13.1 Å². The summed E-state index contributed by atoms with van der Waals surface area (Å²) in [4.78, 5) is 10.3. The summed E-state index contributed by atoms with van der Waals surface area (Å²) in [6, 6.07) is 2.26. The monoisotopic (exact) mass is 382 g/mol. The number of morpholine rings is 1. The van der Waals surface area contributed by atoms with Crippen LogP contribution >= 0.6 is 0 Å². The van der Waals surface area contributed by atoms with Crippen molar-refractivity contribution in [2.75, 3.05) is 31.2 Å². The predicted molar refractivity (Wildman–Crippen MR) is 87.9 cm³/mol. The first-order valence-corrected chi connectivity index (χ1v) is 9.51. The summed E-state index contributed by atoms with van der Waals surface area (Å²) >= 11 is 0. The molecular weight excluding hydrogens is 366 g/mol. The van der Waals surface area contributed by atoms with E-state index in [0.717, 1.165) is 16.4 Å². The maximum atomic E-state index is 13.4. The van der Waals surface area contributed by atoms with E-state index < -0.39 is 26.6 Å². The van der Waals surface area contributed by atoms with Gasteiger partial charge in [0, 0.05) is 37.5 Å². The number of aromatic nitrogens is 2. The molecule has 0 spiro atoms. The first kappa shape index (κ1) is 17.3. The molecule has 0 bridgehead atoms. The molecule has 0 atom stereocenters. The van der Waals surface area contributed by atoms with E-state index >= 15 is 0 Å². The fraction of sp³-hybridized carbons (Fsp3) is 0.375. The van der Waals surface area contributed by atoms with E-state index in [4.69, 9.17) is 4.74 Å². The number of ether oxygens (including phenoxy) is 1. The van der Waals surface area contributed by atoms with E-state index in [1.807, 2.05) is 4.90 Å². The summed E-state index contributed by atoms with van der Waals surface area (Å²) in [5.41, 5.74) is 1.28. The minimum absolute atomic E-state index is 0.0374. The van der Waals surface area contributed by atoms with Crippen LogP contribution in [0.4, 0.5) is 14.7 Å². The summed E-state index contributed by atoms with van der Waals surface area (Å²) in [6.45, 7) is 2.62. The van der Waals surface area contributed by atoms with Gasteiger partial charge in [-0.25, -0.2) is 27.2 Å². The van der Waals surface area contributed by atoms with Crippen molar-refractivity contribution in [2.24, 2.45) is 0 Å². The summed E-state index contributed by atoms with van der Waals surface area (Å²) in [5, 5.41) is 0. The van der Waals surface area contributed by atoms with E-state index in [1.54, 1.807) is 6.20 Å². The number of benzene rings is 1. The lowest BCUT2D eigenvalue weighted by molar-refractivity contribution is 0.122. The molecule has 0 aliphatic carbocycles. The van der Waals surface area contributed by atoms with Crippen LogP contribution in [0.3, 0.4) is 0 Å². The summed E-state index contributed by atoms with van der Waals surface area (Å²) in [7, 11) is -4.04. The molecule has 7 nitrogen and oxygen atoms in total. The maximum absolute atomic E-state index is 13.4. The van der Waals surface area contributed by atoms with Gasteiger partial charge in [-0.05, 0) is 12.1 Å². The van der Waals surface area contributed by atoms with Crippen LogP contribution in [0, 0.1) is 11.6 Å². The Bertz CT molecular complexity index is 928. The van der Waals surface area contributed by atoms with Crippen molar-refractivity contribution in [2.45, 2.75) is 18.0 Å². The lowest BCUT2D eigenvalue weighted by atomic mass is 10.3. The molecule has 0 amide bonds. The molecule has 1 aromatic heterocycles.